The second kappa shape index (κ2) is 4.43. The number of nitrogens with zero attached hydrogens (tertiary/aromatic N) is 2. The minimum atomic E-state index is -0.611. The highest BCUT2D eigenvalue weighted by Crippen LogP contribution is 2.12. The van der Waals surface area contributed by atoms with Gasteiger partial charge in [0.15, 0.2) is 0 Å². The van der Waals surface area contributed by atoms with Gasteiger partial charge in [-0.2, -0.15) is 0 Å². The number of amides is 1. The molecule has 1 aromatic carbocycles. The molecule has 0 N–H and O–H groups in total. The maximum Gasteiger partial charge on any atom is 0.309 e. The highest BCUT2D eigenvalue weighted by Gasteiger charge is 2.21. The largest absolute Gasteiger partial charge is 0.309 e. The van der Waals surface area contributed by atoms with E-state index in [4.69, 9.17) is 6.57 Å². The number of likely N-dealkylation sites (N-methyl/N-ethyl adjacent to an activating group) is 1. The molecular formula is C11H12N2O. The molecule has 1 unspecified atom stereocenters. The van der Waals surface area contributed by atoms with Crippen LogP contribution in [0.5, 0.6) is 0 Å². The lowest BCUT2D eigenvalue weighted by Gasteiger charge is -2.16. The Labute approximate surface area is 83.8 Å². The molecule has 14 heavy (non-hydrogen) atoms. The van der Waals surface area contributed by atoms with Gasteiger partial charge in [0.05, 0.1) is 0 Å². The highest BCUT2D eigenvalue weighted by molar-refractivity contribution is 5.97. The molecule has 1 aromatic rings. The number of hydrogen-bond donors (Lipinski definition) is 0. The molecule has 0 saturated carbocycles. The van der Waals surface area contributed by atoms with Gasteiger partial charge in [-0.3, -0.25) is 4.79 Å². The van der Waals surface area contributed by atoms with Gasteiger partial charge in [-0.25, -0.2) is 6.57 Å². The summed E-state index contributed by atoms with van der Waals surface area (Å²) in [6.07, 6.45) is 0. The number of hydrogen-bond acceptors (Lipinski definition) is 1. The molecule has 0 aromatic heterocycles. The number of carbonyl (C=O) groups is 1. The monoisotopic (exact) mass is 188 g/mol. The smallest absolute Gasteiger partial charge is 0.309 e. The molecule has 0 heterocycles. The van der Waals surface area contributed by atoms with Crippen LogP contribution in [0.3, 0.4) is 0 Å². The van der Waals surface area contributed by atoms with Gasteiger partial charge in [-0.1, -0.05) is 18.2 Å². The van der Waals surface area contributed by atoms with Crippen molar-refractivity contribution in [1.29, 1.82) is 0 Å². The molecule has 0 aliphatic rings. The molecule has 1 rings (SSSR count). The van der Waals surface area contributed by atoms with Gasteiger partial charge in [0, 0.05) is 19.7 Å². The lowest BCUT2D eigenvalue weighted by atomic mass is 10.2. The Hall–Kier alpha value is -1.82. The first-order valence-electron chi connectivity index (χ1n) is 4.36. The molecule has 1 atom stereocenters. The third-order valence-electron chi connectivity index (χ3n) is 2.03. The van der Waals surface area contributed by atoms with Crippen LogP contribution >= 0.6 is 0 Å². The summed E-state index contributed by atoms with van der Waals surface area (Å²) in [5.41, 5.74) is 0.813. The highest BCUT2D eigenvalue weighted by atomic mass is 16.2. The maximum atomic E-state index is 11.6. The molecule has 0 saturated heterocycles. The number of para-hydroxylation sites is 1. The van der Waals surface area contributed by atoms with Crippen LogP contribution in [-0.2, 0) is 4.79 Å². The summed E-state index contributed by atoms with van der Waals surface area (Å²) < 4.78 is 0. The van der Waals surface area contributed by atoms with Crippen LogP contribution in [0.15, 0.2) is 30.3 Å². The Balaban J connectivity index is 2.82. The summed E-state index contributed by atoms with van der Waals surface area (Å²) in [5.74, 6) is -0.175. The standard InChI is InChI=1S/C11H12N2O/c1-9(12-2)11(14)13(3)10-7-5-4-6-8-10/h4-9H,1,3H3. The quantitative estimate of drug-likeness (QED) is 0.651. The fraction of sp³-hybridized carbons (Fsp3) is 0.273. The van der Waals surface area contributed by atoms with Crippen LogP contribution in [0, 0.1) is 6.57 Å². The van der Waals surface area contributed by atoms with Crippen LogP contribution in [0.4, 0.5) is 5.69 Å². The van der Waals surface area contributed by atoms with E-state index in [2.05, 4.69) is 4.85 Å². The van der Waals surface area contributed by atoms with E-state index in [0.29, 0.717) is 0 Å². The SMILES string of the molecule is [C-]#[N+]C(C)C(=O)N(C)c1ccccc1. The Morgan fingerprint density at radius 2 is 2.00 bits per heavy atom. The van der Waals surface area contributed by atoms with E-state index < -0.39 is 6.04 Å². The summed E-state index contributed by atoms with van der Waals surface area (Å²) in [6.45, 7) is 8.38. The number of rotatable bonds is 2. The van der Waals surface area contributed by atoms with E-state index in [1.807, 2.05) is 30.3 Å². The summed E-state index contributed by atoms with van der Waals surface area (Å²) in [7, 11) is 1.68. The Bertz CT molecular complexity index is 353. The maximum absolute atomic E-state index is 11.6. The van der Waals surface area contributed by atoms with Crippen molar-refractivity contribution in [2.75, 3.05) is 11.9 Å². The molecule has 1 amide bonds. The van der Waals surface area contributed by atoms with Gasteiger partial charge in [0.25, 0.3) is 6.04 Å². The molecule has 3 heteroatoms. The Morgan fingerprint density at radius 1 is 1.43 bits per heavy atom. The van der Waals surface area contributed by atoms with Crippen molar-refractivity contribution in [1.82, 2.24) is 0 Å². The number of benzene rings is 1. The van der Waals surface area contributed by atoms with E-state index in [1.165, 1.54) is 4.90 Å². The van der Waals surface area contributed by atoms with Gasteiger partial charge in [-0.15, -0.1) is 0 Å². The fourth-order valence-electron chi connectivity index (χ4n) is 1.11. The third-order valence-corrected chi connectivity index (χ3v) is 2.03. The second-order valence-electron chi connectivity index (χ2n) is 3.04. The fourth-order valence-corrected chi connectivity index (χ4v) is 1.11. The molecule has 3 nitrogen and oxygen atoms in total. The van der Waals surface area contributed by atoms with E-state index in [0.717, 1.165) is 5.69 Å². The van der Waals surface area contributed by atoms with Crippen molar-refractivity contribution in [3.63, 3.8) is 0 Å². The zero-order valence-corrected chi connectivity index (χ0v) is 8.27. The lowest BCUT2D eigenvalue weighted by Crippen LogP contribution is -2.32. The molecule has 72 valence electrons. The van der Waals surface area contributed by atoms with E-state index in [-0.39, 0.29) is 5.91 Å². The Morgan fingerprint density at radius 3 is 2.50 bits per heavy atom. The first-order valence-corrected chi connectivity index (χ1v) is 4.36. The number of anilines is 1. The Kier molecular flexibility index (Phi) is 3.24. The predicted octanol–water partition coefficient (Wildman–Crippen LogP) is 1.96. The van der Waals surface area contributed by atoms with E-state index in [9.17, 15) is 4.79 Å². The average Bonchev–Trinajstić information content (AvgIpc) is 2.27. The summed E-state index contributed by atoms with van der Waals surface area (Å²) in [5, 5.41) is 0. The lowest BCUT2D eigenvalue weighted by molar-refractivity contribution is -0.118. The molecule has 0 bridgehead atoms. The predicted molar refractivity (Wildman–Crippen MR) is 55.9 cm³/mol. The summed E-state index contributed by atoms with van der Waals surface area (Å²) in [6, 6.07) is 8.69. The van der Waals surface area contributed by atoms with Crippen LogP contribution in [0.1, 0.15) is 6.92 Å². The second-order valence-corrected chi connectivity index (χ2v) is 3.04. The summed E-state index contributed by atoms with van der Waals surface area (Å²) >= 11 is 0. The number of carbonyl (C=O) groups excluding carboxylic acids is 1. The van der Waals surface area contributed by atoms with Gasteiger partial charge in [0.2, 0.25) is 0 Å². The molecule has 0 fully saturated rings. The first kappa shape index (κ1) is 10.3. The molecular weight excluding hydrogens is 176 g/mol. The van der Waals surface area contributed by atoms with Crippen molar-refractivity contribution in [3.05, 3.63) is 41.7 Å². The van der Waals surface area contributed by atoms with Gasteiger partial charge in [-0.05, 0) is 12.1 Å². The molecule has 0 aliphatic heterocycles. The normalized spacial score (nSPS) is 11.5. The average molecular weight is 188 g/mol. The van der Waals surface area contributed by atoms with E-state index in [1.54, 1.807) is 14.0 Å². The van der Waals surface area contributed by atoms with Crippen LogP contribution in [0.2, 0.25) is 0 Å². The van der Waals surface area contributed by atoms with Crippen molar-refractivity contribution in [2.45, 2.75) is 13.0 Å². The minimum absolute atomic E-state index is 0.175. The van der Waals surface area contributed by atoms with Crippen LogP contribution in [-0.4, -0.2) is 19.0 Å². The van der Waals surface area contributed by atoms with E-state index >= 15 is 0 Å². The zero-order valence-electron chi connectivity index (χ0n) is 8.27. The van der Waals surface area contributed by atoms with Crippen LogP contribution < -0.4 is 4.90 Å². The first-order chi connectivity index (χ1) is 6.66. The van der Waals surface area contributed by atoms with Crippen molar-refractivity contribution < 1.29 is 4.79 Å². The van der Waals surface area contributed by atoms with Gasteiger partial charge >= 0.3 is 5.91 Å². The topological polar surface area (TPSA) is 24.7 Å². The van der Waals surface area contributed by atoms with Gasteiger partial charge < -0.3 is 9.74 Å². The van der Waals surface area contributed by atoms with Crippen molar-refractivity contribution in [3.8, 4) is 0 Å². The molecule has 0 aliphatic carbocycles. The minimum Gasteiger partial charge on any atom is -0.309 e. The van der Waals surface area contributed by atoms with Gasteiger partial charge in [0.1, 0.15) is 0 Å². The van der Waals surface area contributed by atoms with Crippen LogP contribution in [0.25, 0.3) is 4.85 Å². The third kappa shape index (κ3) is 2.11. The molecule has 0 radical (unpaired) electrons. The van der Waals surface area contributed by atoms with Crippen molar-refractivity contribution in [2.24, 2.45) is 0 Å². The molecule has 0 spiro atoms. The van der Waals surface area contributed by atoms with Crippen molar-refractivity contribution >= 4 is 11.6 Å². The zero-order chi connectivity index (χ0) is 10.6. The summed E-state index contributed by atoms with van der Waals surface area (Å²) in [4.78, 5) is 16.3.